The minimum atomic E-state index is -1.12. The molecule has 1 amide bonds. The Labute approximate surface area is 125 Å². The predicted octanol–water partition coefficient (Wildman–Crippen LogP) is 1.28. The number of aryl methyl sites for hydroxylation is 3. The number of hydrogen-bond donors (Lipinski definition) is 3. The fourth-order valence-corrected chi connectivity index (χ4v) is 2.72. The number of amides is 1. The summed E-state index contributed by atoms with van der Waals surface area (Å²) < 4.78 is 0. The van der Waals surface area contributed by atoms with Crippen LogP contribution < -0.4 is 5.32 Å². The topological polar surface area (TPSA) is 108 Å². The van der Waals surface area contributed by atoms with Crippen LogP contribution in [0.1, 0.15) is 33.7 Å². The van der Waals surface area contributed by atoms with E-state index in [0.29, 0.717) is 22.6 Å². The number of H-pyrrole nitrogens is 1. The Morgan fingerprint density at radius 3 is 2.62 bits per heavy atom. The molecular weight excluding hydrogens is 292 g/mol. The van der Waals surface area contributed by atoms with Gasteiger partial charge in [0.1, 0.15) is 0 Å². The smallest absolute Gasteiger partial charge is 0.331 e. The minimum absolute atomic E-state index is 0.0596. The highest BCUT2D eigenvalue weighted by molar-refractivity contribution is 7.09. The molecule has 1 atom stereocenters. The number of aromatic nitrogens is 3. The van der Waals surface area contributed by atoms with Gasteiger partial charge in [-0.15, -0.1) is 11.3 Å². The third-order valence-electron chi connectivity index (χ3n) is 3.03. The van der Waals surface area contributed by atoms with Gasteiger partial charge < -0.3 is 10.4 Å². The summed E-state index contributed by atoms with van der Waals surface area (Å²) in [6.07, 6.45) is 0.0596. The van der Waals surface area contributed by atoms with E-state index in [4.69, 9.17) is 0 Å². The largest absolute Gasteiger partial charge is 0.479 e. The van der Waals surface area contributed by atoms with Crippen LogP contribution in [0.25, 0.3) is 0 Å². The van der Waals surface area contributed by atoms with Crippen molar-refractivity contribution in [3.05, 3.63) is 33.0 Å². The highest BCUT2D eigenvalue weighted by Crippen LogP contribution is 2.20. The van der Waals surface area contributed by atoms with Crippen LogP contribution in [0.4, 0.5) is 0 Å². The Bertz CT molecular complexity index is 657. The normalized spacial score (nSPS) is 12.1. The van der Waals surface area contributed by atoms with Crippen LogP contribution in [0, 0.1) is 20.8 Å². The summed E-state index contributed by atoms with van der Waals surface area (Å²) in [6, 6.07) is -1.11. The van der Waals surface area contributed by atoms with Crippen molar-refractivity contribution in [3.63, 3.8) is 0 Å². The van der Waals surface area contributed by atoms with Crippen LogP contribution in [0.15, 0.2) is 5.38 Å². The van der Waals surface area contributed by atoms with Crippen molar-refractivity contribution in [3.8, 4) is 0 Å². The van der Waals surface area contributed by atoms with Gasteiger partial charge in [-0.2, -0.15) is 5.10 Å². The number of carboxylic acids is 1. The average Bonchev–Trinajstić information content (AvgIpc) is 2.94. The number of carbonyl (C=O) groups is 2. The molecule has 0 bridgehead atoms. The van der Waals surface area contributed by atoms with Gasteiger partial charge in [-0.1, -0.05) is 0 Å². The summed E-state index contributed by atoms with van der Waals surface area (Å²) in [5.74, 6) is -1.50. The van der Waals surface area contributed by atoms with Gasteiger partial charge in [-0.05, 0) is 20.8 Å². The Morgan fingerprint density at radius 1 is 1.43 bits per heavy atom. The summed E-state index contributed by atoms with van der Waals surface area (Å²) in [4.78, 5) is 27.6. The number of nitrogens with zero attached hydrogens (tertiary/aromatic N) is 2. The monoisotopic (exact) mass is 308 g/mol. The van der Waals surface area contributed by atoms with Crippen LogP contribution in [-0.2, 0) is 16.0 Å². The van der Waals surface area contributed by atoms with Crippen molar-refractivity contribution in [1.29, 1.82) is 0 Å². The van der Waals surface area contributed by atoms with Gasteiger partial charge in [0, 0.05) is 16.6 Å². The lowest BCUT2D eigenvalue weighted by atomic mass is 10.0. The van der Waals surface area contributed by atoms with Crippen molar-refractivity contribution in [2.45, 2.75) is 33.2 Å². The van der Waals surface area contributed by atoms with Crippen LogP contribution in [0.2, 0.25) is 0 Å². The van der Waals surface area contributed by atoms with Crippen LogP contribution in [-0.4, -0.2) is 32.2 Å². The maximum absolute atomic E-state index is 12.0. The second-order valence-corrected chi connectivity index (χ2v) is 5.78. The van der Waals surface area contributed by atoms with Crippen molar-refractivity contribution >= 4 is 23.2 Å². The molecule has 0 saturated carbocycles. The van der Waals surface area contributed by atoms with Crippen molar-refractivity contribution < 1.29 is 14.7 Å². The molecule has 0 spiro atoms. The van der Waals surface area contributed by atoms with Gasteiger partial charge in [0.05, 0.1) is 22.8 Å². The second kappa shape index (κ2) is 6.04. The Morgan fingerprint density at radius 2 is 2.14 bits per heavy atom. The highest BCUT2D eigenvalue weighted by Gasteiger charge is 2.27. The Balaban J connectivity index is 2.14. The van der Waals surface area contributed by atoms with Crippen molar-refractivity contribution in [2.24, 2.45) is 0 Å². The minimum Gasteiger partial charge on any atom is -0.479 e. The molecule has 7 nitrogen and oxygen atoms in total. The Kier molecular flexibility index (Phi) is 4.37. The van der Waals surface area contributed by atoms with E-state index in [0.717, 1.165) is 5.01 Å². The van der Waals surface area contributed by atoms with E-state index in [2.05, 4.69) is 20.5 Å². The molecule has 2 aromatic rings. The maximum Gasteiger partial charge on any atom is 0.331 e. The molecule has 0 aliphatic rings. The third kappa shape index (κ3) is 3.46. The van der Waals surface area contributed by atoms with Crippen LogP contribution in [0.5, 0.6) is 0 Å². The zero-order chi connectivity index (χ0) is 15.6. The van der Waals surface area contributed by atoms with E-state index in [1.165, 1.54) is 11.3 Å². The van der Waals surface area contributed by atoms with E-state index in [1.54, 1.807) is 19.2 Å². The van der Waals surface area contributed by atoms with Gasteiger partial charge in [0.25, 0.3) is 0 Å². The molecule has 0 aliphatic heterocycles. The second-order valence-electron chi connectivity index (χ2n) is 4.72. The molecule has 2 aromatic heterocycles. The lowest BCUT2D eigenvalue weighted by Gasteiger charge is -2.14. The molecule has 112 valence electrons. The first kappa shape index (κ1) is 15.2. The number of nitrogens with one attached hydrogen (secondary N) is 2. The maximum atomic E-state index is 12.0. The summed E-state index contributed by atoms with van der Waals surface area (Å²) in [5, 5.41) is 21.2. The third-order valence-corrected chi connectivity index (χ3v) is 3.86. The van der Waals surface area contributed by atoms with E-state index in [1.807, 2.05) is 6.92 Å². The number of aliphatic carboxylic acids is 1. The molecule has 21 heavy (non-hydrogen) atoms. The molecule has 0 aromatic carbocycles. The van der Waals surface area contributed by atoms with Gasteiger partial charge in [-0.3, -0.25) is 9.89 Å². The number of rotatable bonds is 5. The Hall–Kier alpha value is -2.22. The molecule has 0 fully saturated rings. The summed E-state index contributed by atoms with van der Waals surface area (Å²) >= 11 is 1.45. The zero-order valence-corrected chi connectivity index (χ0v) is 12.7. The molecule has 2 heterocycles. The van der Waals surface area contributed by atoms with Crippen LogP contribution in [0.3, 0.4) is 0 Å². The first-order valence-electron chi connectivity index (χ1n) is 6.33. The fourth-order valence-electron chi connectivity index (χ4n) is 2.11. The average molecular weight is 308 g/mol. The zero-order valence-electron chi connectivity index (χ0n) is 11.9. The SMILES string of the molecule is Cc1nc(CC(=O)N[C@@H](C(=O)O)c2c(C)n[nH]c2C)cs1. The van der Waals surface area contributed by atoms with E-state index < -0.39 is 12.0 Å². The molecule has 0 aliphatic carbocycles. The van der Waals surface area contributed by atoms with Crippen molar-refractivity contribution in [2.75, 3.05) is 0 Å². The molecule has 0 radical (unpaired) electrons. The molecule has 8 heteroatoms. The summed E-state index contributed by atoms with van der Waals surface area (Å²) in [7, 11) is 0. The van der Waals surface area contributed by atoms with Gasteiger partial charge in [0.15, 0.2) is 6.04 Å². The quantitative estimate of drug-likeness (QED) is 0.771. The predicted molar refractivity (Wildman–Crippen MR) is 77.1 cm³/mol. The highest BCUT2D eigenvalue weighted by atomic mass is 32.1. The number of thiazole rings is 1. The number of hydrogen-bond acceptors (Lipinski definition) is 5. The van der Waals surface area contributed by atoms with Gasteiger partial charge in [0.2, 0.25) is 5.91 Å². The standard InChI is InChI=1S/C13H16N4O3S/c1-6-11(7(2)17-16-6)12(13(19)20)15-10(18)4-9-5-21-8(3)14-9/h5,12H,4H2,1-3H3,(H,15,18)(H,16,17)(H,19,20)/t12-/m1/s1. The summed E-state index contributed by atoms with van der Waals surface area (Å²) in [6.45, 7) is 5.27. The van der Waals surface area contributed by atoms with E-state index >= 15 is 0 Å². The molecule has 0 saturated heterocycles. The first-order valence-corrected chi connectivity index (χ1v) is 7.21. The van der Waals surface area contributed by atoms with Crippen molar-refractivity contribution in [1.82, 2.24) is 20.5 Å². The summed E-state index contributed by atoms with van der Waals surface area (Å²) in [5.41, 5.74) is 2.32. The lowest BCUT2D eigenvalue weighted by Crippen LogP contribution is -2.35. The van der Waals surface area contributed by atoms with Gasteiger partial charge >= 0.3 is 5.97 Å². The molecule has 0 unspecified atom stereocenters. The first-order chi connectivity index (χ1) is 9.88. The molecule has 3 N–H and O–H groups in total. The lowest BCUT2D eigenvalue weighted by molar-refractivity contribution is -0.142. The number of aromatic amines is 1. The van der Waals surface area contributed by atoms with Crippen LogP contribution >= 0.6 is 11.3 Å². The van der Waals surface area contributed by atoms with Gasteiger partial charge in [-0.25, -0.2) is 9.78 Å². The molecule has 2 rings (SSSR count). The molecular formula is C13H16N4O3S. The number of carbonyl (C=O) groups excluding carboxylic acids is 1. The fraction of sp³-hybridized carbons (Fsp3) is 0.385. The number of carboxylic acid groups (broad SMARTS) is 1. The van der Waals surface area contributed by atoms with E-state index in [9.17, 15) is 14.7 Å². The van der Waals surface area contributed by atoms with E-state index in [-0.39, 0.29) is 12.3 Å².